The summed E-state index contributed by atoms with van der Waals surface area (Å²) in [6.45, 7) is 3.86. The monoisotopic (exact) mass is 467 g/mol. The number of carbonyl (C=O) groups excluding carboxylic acids is 1. The molecule has 0 aliphatic carbocycles. The molecular weight excluding hydrogens is 441 g/mol. The van der Waals surface area contributed by atoms with Crippen molar-refractivity contribution in [3.8, 4) is 5.75 Å². The van der Waals surface area contributed by atoms with E-state index in [4.69, 9.17) is 9.94 Å². The smallest absolute Gasteiger partial charge is 0.274 e. The van der Waals surface area contributed by atoms with Gasteiger partial charge in [0.1, 0.15) is 5.75 Å². The molecule has 0 atom stereocenters. The molecule has 0 bridgehead atoms. The second-order valence-corrected chi connectivity index (χ2v) is 7.84. The highest BCUT2D eigenvalue weighted by Crippen LogP contribution is 2.32. The van der Waals surface area contributed by atoms with E-state index in [0.717, 1.165) is 38.1 Å². The van der Waals surface area contributed by atoms with E-state index in [9.17, 15) is 9.18 Å². The molecule has 0 radical (unpaired) electrons. The quantitative estimate of drug-likeness (QED) is 0.307. The van der Waals surface area contributed by atoms with Crippen LogP contribution in [0, 0.1) is 5.82 Å². The number of ether oxygens (including phenoxy) is 1. The number of amides is 1. The minimum atomic E-state index is -0.679. The number of benzene rings is 2. The van der Waals surface area contributed by atoms with E-state index in [-0.39, 0.29) is 17.3 Å². The molecule has 4 N–H and O–H groups in total. The first kappa shape index (κ1) is 23.2. The van der Waals surface area contributed by atoms with E-state index in [1.165, 1.54) is 12.1 Å². The number of carbonyl (C=O) groups is 1. The number of nitrogens with zero attached hydrogens (tertiary/aromatic N) is 4. The Bertz CT molecular complexity index is 1170. The van der Waals surface area contributed by atoms with Gasteiger partial charge in [0.15, 0.2) is 11.6 Å². The molecule has 1 aliphatic rings. The van der Waals surface area contributed by atoms with E-state index in [0.29, 0.717) is 17.1 Å². The molecule has 34 heavy (non-hydrogen) atoms. The zero-order valence-electron chi connectivity index (χ0n) is 18.9. The van der Waals surface area contributed by atoms with E-state index in [2.05, 4.69) is 37.4 Å². The molecule has 1 saturated heterocycles. The van der Waals surface area contributed by atoms with Crippen LogP contribution in [0.15, 0.2) is 48.7 Å². The Morgan fingerprint density at radius 2 is 1.91 bits per heavy atom. The molecule has 4 rings (SSSR count). The first-order valence-corrected chi connectivity index (χ1v) is 10.7. The Labute approximate surface area is 196 Å². The number of hydroxylamine groups is 1. The first-order chi connectivity index (χ1) is 16.5. The minimum Gasteiger partial charge on any atom is -0.494 e. The molecule has 178 valence electrons. The van der Waals surface area contributed by atoms with Crippen LogP contribution < -0.4 is 25.8 Å². The maximum atomic E-state index is 14.4. The number of piperazine rings is 1. The molecular formula is C23H26FN7O3. The number of nitrogens with one attached hydrogen (secondary N) is 3. The van der Waals surface area contributed by atoms with E-state index in [1.54, 1.807) is 24.7 Å². The summed E-state index contributed by atoms with van der Waals surface area (Å²) in [5.41, 5.74) is 3.88. The van der Waals surface area contributed by atoms with Crippen molar-refractivity contribution in [2.45, 2.75) is 0 Å². The summed E-state index contributed by atoms with van der Waals surface area (Å²) >= 11 is 0. The summed E-state index contributed by atoms with van der Waals surface area (Å²) in [7, 11) is 3.70. The van der Waals surface area contributed by atoms with Crippen molar-refractivity contribution in [3.05, 3.63) is 60.0 Å². The lowest BCUT2D eigenvalue weighted by atomic mass is 10.2. The zero-order valence-corrected chi connectivity index (χ0v) is 18.9. The van der Waals surface area contributed by atoms with Crippen LogP contribution in [-0.2, 0) is 0 Å². The van der Waals surface area contributed by atoms with E-state index in [1.807, 2.05) is 18.2 Å². The van der Waals surface area contributed by atoms with Crippen LogP contribution in [0.3, 0.4) is 0 Å². The van der Waals surface area contributed by atoms with Crippen molar-refractivity contribution < 1.29 is 19.1 Å². The van der Waals surface area contributed by atoms with Gasteiger partial charge in [0.05, 0.1) is 19.0 Å². The fraction of sp³-hybridized carbons (Fsp3) is 0.261. The van der Waals surface area contributed by atoms with E-state index >= 15 is 0 Å². The van der Waals surface area contributed by atoms with Crippen LogP contribution in [0.2, 0.25) is 0 Å². The Balaban J connectivity index is 1.52. The summed E-state index contributed by atoms with van der Waals surface area (Å²) in [4.78, 5) is 24.5. The maximum absolute atomic E-state index is 14.4. The highest BCUT2D eigenvalue weighted by Gasteiger charge is 2.17. The Morgan fingerprint density at radius 1 is 1.12 bits per heavy atom. The second kappa shape index (κ2) is 10.3. The number of hydrogen-bond acceptors (Lipinski definition) is 9. The van der Waals surface area contributed by atoms with Gasteiger partial charge in [0.25, 0.3) is 5.91 Å². The standard InChI is InChI=1S/C23H26FN7O3/c1-30-8-10-31(11-9-30)17-6-7-19(20(13-17)34-2)27-23-25-14-18(24)21(28-23)26-16-5-3-4-15(12-16)22(32)29-33/h3-7,12-14,33H,8-11H2,1-2H3,(H,29,32)(H2,25,26,27,28). The highest BCUT2D eigenvalue weighted by atomic mass is 19.1. The van der Waals surface area contributed by atoms with Gasteiger partial charge in [-0.3, -0.25) is 10.0 Å². The zero-order chi connectivity index (χ0) is 24.1. The average molecular weight is 468 g/mol. The summed E-state index contributed by atoms with van der Waals surface area (Å²) in [5.74, 6) is -0.645. The number of anilines is 5. The number of halogens is 1. The lowest BCUT2D eigenvalue weighted by molar-refractivity contribution is 0.0706. The molecule has 0 saturated carbocycles. The number of methoxy groups -OCH3 is 1. The number of rotatable bonds is 7. The highest BCUT2D eigenvalue weighted by molar-refractivity contribution is 5.94. The van der Waals surface area contributed by atoms with Crippen LogP contribution in [0.25, 0.3) is 0 Å². The SMILES string of the molecule is COc1cc(N2CCN(C)CC2)ccc1Nc1ncc(F)c(Nc2cccc(C(=O)NO)c2)n1. The van der Waals surface area contributed by atoms with Crippen LogP contribution >= 0.6 is 0 Å². The predicted octanol–water partition coefficient (Wildman–Crippen LogP) is 2.98. The largest absolute Gasteiger partial charge is 0.494 e. The Kier molecular flexibility index (Phi) is 7.04. The van der Waals surface area contributed by atoms with Crippen LogP contribution in [0.1, 0.15) is 10.4 Å². The summed E-state index contributed by atoms with van der Waals surface area (Å²) in [5, 5.41) is 14.7. The normalized spacial score (nSPS) is 13.9. The van der Waals surface area contributed by atoms with Crippen molar-refractivity contribution in [1.82, 2.24) is 20.3 Å². The van der Waals surface area contributed by atoms with Gasteiger partial charge in [-0.15, -0.1) is 0 Å². The summed E-state index contributed by atoms with van der Waals surface area (Å²) < 4.78 is 19.9. The third-order valence-corrected chi connectivity index (χ3v) is 5.53. The Morgan fingerprint density at radius 3 is 2.65 bits per heavy atom. The summed E-state index contributed by atoms with van der Waals surface area (Å²) in [6.07, 6.45) is 1.05. The fourth-order valence-corrected chi connectivity index (χ4v) is 3.62. The van der Waals surface area contributed by atoms with Crippen molar-refractivity contribution in [3.63, 3.8) is 0 Å². The topological polar surface area (TPSA) is 115 Å². The third-order valence-electron chi connectivity index (χ3n) is 5.53. The Hall–Kier alpha value is -3.96. The van der Waals surface area contributed by atoms with Crippen molar-refractivity contribution in [2.24, 2.45) is 0 Å². The number of hydrogen-bond donors (Lipinski definition) is 4. The predicted molar refractivity (Wildman–Crippen MR) is 127 cm³/mol. The van der Waals surface area contributed by atoms with Gasteiger partial charge in [-0.05, 0) is 37.4 Å². The van der Waals surface area contributed by atoms with Crippen LogP contribution in [0.4, 0.5) is 33.2 Å². The van der Waals surface area contributed by atoms with Gasteiger partial charge in [0.2, 0.25) is 5.95 Å². The maximum Gasteiger partial charge on any atom is 0.274 e. The molecule has 2 aromatic carbocycles. The number of aromatic nitrogens is 2. The van der Waals surface area contributed by atoms with Gasteiger partial charge in [-0.1, -0.05) is 6.07 Å². The molecule has 3 aromatic rings. The van der Waals surface area contributed by atoms with Gasteiger partial charge >= 0.3 is 0 Å². The molecule has 1 aromatic heterocycles. The van der Waals surface area contributed by atoms with Gasteiger partial charge < -0.3 is 25.2 Å². The molecule has 1 aliphatic heterocycles. The van der Waals surface area contributed by atoms with Gasteiger partial charge in [-0.25, -0.2) is 14.9 Å². The molecule has 1 amide bonds. The van der Waals surface area contributed by atoms with Crippen LogP contribution in [-0.4, -0.2) is 66.3 Å². The molecule has 0 unspecified atom stereocenters. The molecule has 11 heteroatoms. The lowest BCUT2D eigenvalue weighted by Gasteiger charge is -2.34. The lowest BCUT2D eigenvalue weighted by Crippen LogP contribution is -2.44. The van der Waals surface area contributed by atoms with Crippen molar-refractivity contribution >= 4 is 34.7 Å². The van der Waals surface area contributed by atoms with Crippen molar-refractivity contribution in [1.29, 1.82) is 0 Å². The first-order valence-electron chi connectivity index (χ1n) is 10.7. The van der Waals surface area contributed by atoms with E-state index < -0.39 is 11.7 Å². The molecule has 2 heterocycles. The third kappa shape index (κ3) is 5.33. The second-order valence-electron chi connectivity index (χ2n) is 7.84. The van der Waals surface area contributed by atoms with Crippen LogP contribution in [0.5, 0.6) is 5.75 Å². The average Bonchev–Trinajstić information content (AvgIpc) is 2.86. The molecule has 1 fully saturated rings. The van der Waals surface area contributed by atoms with Gasteiger partial charge in [0, 0.05) is 49.2 Å². The molecule has 10 nitrogen and oxygen atoms in total. The molecule has 0 spiro atoms. The summed E-state index contributed by atoms with van der Waals surface area (Å²) in [6, 6.07) is 12.0. The number of likely N-dealkylation sites (N-methyl/N-ethyl adjacent to an activating group) is 1. The van der Waals surface area contributed by atoms with Gasteiger partial charge in [-0.2, -0.15) is 4.98 Å². The minimum absolute atomic E-state index is 0.0768. The fourth-order valence-electron chi connectivity index (χ4n) is 3.62. The van der Waals surface area contributed by atoms with Crippen molar-refractivity contribution in [2.75, 3.05) is 55.9 Å².